The third-order valence-electron chi connectivity index (χ3n) is 6.88. The van der Waals surface area contributed by atoms with Crippen LogP contribution >= 0.6 is 0 Å². The molecule has 4 aromatic rings. The van der Waals surface area contributed by atoms with Crippen LogP contribution in [0.15, 0.2) is 61.2 Å². The number of fused-ring (bicyclic) bond motifs is 2. The quantitative estimate of drug-likeness (QED) is 0.442. The lowest BCUT2D eigenvalue weighted by Crippen LogP contribution is -2.44. The Balaban J connectivity index is 1.35. The second kappa shape index (κ2) is 8.18. The zero-order chi connectivity index (χ0) is 23.2. The summed E-state index contributed by atoms with van der Waals surface area (Å²) in [4.78, 5) is 26.2. The maximum absolute atomic E-state index is 12.0. The van der Waals surface area contributed by atoms with Crippen molar-refractivity contribution in [3.8, 4) is 11.1 Å². The van der Waals surface area contributed by atoms with Crippen molar-refractivity contribution in [2.45, 2.75) is 13.3 Å². The summed E-state index contributed by atoms with van der Waals surface area (Å²) >= 11 is 0. The monoisotopic (exact) mass is 450 g/mol. The number of allylic oxidation sites excluding steroid dienone is 1. The van der Waals surface area contributed by atoms with Gasteiger partial charge in [-0.2, -0.15) is 5.10 Å². The molecule has 7 nitrogen and oxygen atoms in total. The minimum atomic E-state index is 0.0192. The van der Waals surface area contributed by atoms with Gasteiger partial charge in [0, 0.05) is 62.3 Å². The van der Waals surface area contributed by atoms with Crippen LogP contribution in [-0.4, -0.2) is 63.5 Å². The number of likely N-dealkylation sites (N-methyl/N-ethyl adjacent to an activating group) is 1. The van der Waals surface area contributed by atoms with Gasteiger partial charge in [-0.3, -0.25) is 9.78 Å². The molecule has 34 heavy (non-hydrogen) atoms. The van der Waals surface area contributed by atoms with Crippen molar-refractivity contribution < 1.29 is 4.79 Å². The number of aromatic nitrogens is 4. The Bertz CT molecular complexity index is 1440. The van der Waals surface area contributed by atoms with Crippen LogP contribution in [0.25, 0.3) is 22.2 Å². The average molecular weight is 451 g/mol. The molecule has 0 unspecified atom stereocenters. The van der Waals surface area contributed by atoms with Crippen molar-refractivity contribution in [3.63, 3.8) is 0 Å². The summed E-state index contributed by atoms with van der Waals surface area (Å²) in [5, 5.41) is 4.31. The van der Waals surface area contributed by atoms with Crippen LogP contribution in [0.1, 0.15) is 34.1 Å². The fourth-order valence-electron chi connectivity index (χ4n) is 4.85. The molecule has 0 amide bonds. The lowest BCUT2D eigenvalue weighted by molar-refractivity contribution is 0.101. The van der Waals surface area contributed by atoms with E-state index in [4.69, 9.17) is 4.98 Å². The molecule has 170 valence electrons. The third-order valence-corrected chi connectivity index (χ3v) is 6.88. The number of nitrogens with zero attached hydrogens (tertiary/aromatic N) is 6. The minimum absolute atomic E-state index is 0.0192. The standard InChI is InChI=1S/C27H26N6O/c1-18(34)24-17-30-33-8-6-20(14-26(24)33)22-3-4-25-23(22)13-21(16-29-25)19-5-7-28-27(15-19)32-11-9-31(2)10-12-32/h3,5-8,13-17H,4,9-12H2,1-2H3. The van der Waals surface area contributed by atoms with Gasteiger partial charge in [-0.25, -0.2) is 9.50 Å². The molecule has 0 spiro atoms. The number of pyridine rings is 3. The third kappa shape index (κ3) is 3.58. The number of carbonyl (C=O) groups excluding carboxylic acids is 1. The van der Waals surface area contributed by atoms with Crippen LogP contribution in [0.4, 0.5) is 5.82 Å². The fourth-order valence-corrected chi connectivity index (χ4v) is 4.85. The van der Waals surface area contributed by atoms with Crippen molar-refractivity contribution in [3.05, 3.63) is 83.6 Å². The molecule has 1 saturated heterocycles. The maximum Gasteiger partial charge on any atom is 0.163 e. The summed E-state index contributed by atoms with van der Waals surface area (Å²) in [5.41, 5.74) is 8.11. The Kier molecular flexibility index (Phi) is 4.99. The zero-order valence-electron chi connectivity index (χ0n) is 19.4. The van der Waals surface area contributed by atoms with Crippen LogP contribution in [0.2, 0.25) is 0 Å². The van der Waals surface area contributed by atoms with Crippen molar-refractivity contribution in [1.29, 1.82) is 0 Å². The lowest BCUT2D eigenvalue weighted by Gasteiger charge is -2.33. The summed E-state index contributed by atoms with van der Waals surface area (Å²) in [6.45, 7) is 5.65. The average Bonchev–Trinajstić information content (AvgIpc) is 3.48. The van der Waals surface area contributed by atoms with Gasteiger partial charge in [-0.1, -0.05) is 6.08 Å². The van der Waals surface area contributed by atoms with E-state index < -0.39 is 0 Å². The molecule has 6 rings (SSSR count). The van der Waals surface area contributed by atoms with E-state index in [1.807, 2.05) is 18.6 Å². The second-order valence-electron chi connectivity index (χ2n) is 9.09. The van der Waals surface area contributed by atoms with E-state index in [2.05, 4.69) is 63.3 Å². The highest BCUT2D eigenvalue weighted by Gasteiger charge is 2.20. The van der Waals surface area contributed by atoms with Crippen LogP contribution < -0.4 is 4.90 Å². The van der Waals surface area contributed by atoms with Crippen molar-refractivity contribution in [1.82, 2.24) is 24.5 Å². The van der Waals surface area contributed by atoms with Gasteiger partial charge in [0.25, 0.3) is 0 Å². The highest BCUT2D eigenvalue weighted by Crippen LogP contribution is 2.35. The zero-order valence-corrected chi connectivity index (χ0v) is 19.4. The first-order valence-corrected chi connectivity index (χ1v) is 11.6. The topological polar surface area (TPSA) is 66.6 Å². The summed E-state index contributed by atoms with van der Waals surface area (Å²) in [6, 6.07) is 10.6. The molecular formula is C27H26N6O. The molecule has 1 aliphatic heterocycles. The van der Waals surface area contributed by atoms with Gasteiger partial charge in [-0.15, -0.1) is 0 Å². The molecule has 4 aromatic heterocycles. The van der Waals surface area contributed by atoms with Crippen LogP contribution in [-0.2, 0) is 6.42 Å². The van der Waals surface area contributed by atoms with Crippen molar-refractivity contribution >= 4 is 22.7 Å². The first-order valence-electron chi connectivity index (χ1n) is 11.6. The first kappa shape index (κ1) is 20.7. The molecule has 7 heteroatoms. The Morgan fingerprint density at radius 2 is 1.79 bits per heavy atom. The molecule has 1 aliphatic carbocycles. The molecule has 0 atom stereocenters. The number of hydrogen-bond acceptors (Lipinski definition) is 6. The fraction of sp³-hybridized carbons (Fsp3) is 0.259. The van der Waals surface area contributed by atoms with Crippen LogP contribution in [0.3, 0.4) is 0 Å². The van der Waals surface area contributed by atoms with E-state index in [0.29, 0.717) is 5.56 Å². The van der Waals surface area contributed by atoms with Gasteiger partial charge in [0.15, 0.2) is 5.78 Å². The van der Waals surface area contributed by atoms with E-state index in [-0.39, 0.29) is 5.78 Å². The number of hydrogen-bond donors (Lipinski definition) is 0. The Morgan fingerprint density at radius 3 is 2.62 bits per heavy atom. The molecule has 0 saturated carbocycles. The second-order valence-corrected chi connectivity index (χ2v) is 9.09. The molecular weight excluding hydrogens is 424 g/mol. The summed E-state index contributed by atoms with van der Waals surface area (Å²) in [5.74, 6) is 1.04. The summed E-state index contributed by atoms with van der Waals surface area (Å²) in [7, 11) is 2.16. The smallest absolute Gasteiger partial charge is 0.163 e. The number of rotatable bonds is 4. The Labute approximate surface area is 198 Å². The van der Waals surface area contributed by atoms with Gasteiger partial charge in [0.05, 0.1) is 23.0 Å². The number of Topliss-reactive ketones (excluding diaryl/α,β-unsaturated/α-hetero) is 1. The SMILES string of the molecule is CC(=O)c1cnn2ccc(C3=CCc4ncc(-c5ccnc(N6CCN(C)CC6)c5)cc43)cc12. The summed E-state index contributed by atoms with van der Waals surface area (Å²) < 4.78 is 1.75. The van der Waals surface area contributed by atoms with Crippen molar-refractivity contribution in [2.75, 3.05) is 38.1 Å². The lowest BCUT2D eigenvalue weighted by atomic mass is 9.98. The van der Waals surface area contributed by atoms with Crippen LogP contribution in [0, 0.1) is 0 Å². The largest absolute Gasteiger partial charge is 0.354 e. The van der Waals surface area contributed by atoms with Gasteiger partial charge in [-0.05, 0) is 61.0 Å². The first-order chi connectivity index (χ1) is 16.6. The van der Waals surface area contributed by atoms with E-state index >= 15 is 0 Å². The Morgan fingerprint density at radius 1 is 0.941 bits per heavy atom. The van der Waals surface area contributed by atoms with Crippen LogP contribution in [0.5, 0.6) is 0 Å². The van der Waals surface area contributed by atoms with E-state index in [1.165, 1.54) is 0 Å². The highest BCUT2D eigenvalue weighted by molar-refractivity contribution is 6.01. The molecule has 0 radical (unpaired) electrons. The van der Waals surface area contributed by atoms with Crippen molar-refractivity contribution in [2.24, 2.45) is 0 Å². The van der Waals surface area contributed by atoms with Gasteiger partial charge >= 0.3 is 0 Å². The highest BCUT2D eigenvalue weighted by atomic mass is 16.1. The normalized spacial score (nSPS) is 16.1. The number of carbonyl (C=O) groups is 1. The van der Waals surface area contributed by atoms with Gasteiger partial charge in [0.2, 0.25) is 0 Å². The Hall–Kier alpha value is -3.84. The molecule has 1 fully saturated rings. The predicted molar refractivity (Wildman–Crippen MR) is 133 cm³/mol. The number of piperazine rings is 1. The summed E-state index contributed by atoms with van der Waals surface area (Å²) in [6.07, 6.45) is 10.4. The number of anilines is 1. The van der Waals surface area contributed by atoms with E-state index in [9.17, 15) is 4.79 Å². The molecule has 2 aliphatic rings. The van der Waals surface area contributed by atoms with Gasteiger partial charge in [0.1, 0.15) is 5.82 Å². The molecule has 0 N–H and O–H groups in total. The van der Waals surface area contributed by atoms with E-state index in [0.717, 1.165) is 77.5 Å². The molecule has 0 aromatic carbocycles. The van der Waals surface area contributed by atoms with E-state index in [1.54, 1.807) is 17.6 Å². The molecule has 0 bridgehead atoms. The molecule has 5 heterocycles. The maximum atomic E-state index is 12.0. The minimum Gasteiger partial charge on any atom is -0.354 e. The van der Waals surface area contributed by atoms with Gasteiger partial charge < -0.3 is 9.80 Å². The predicted octanol–water partition coefficient (Wildman–Crippen LogP) is 3.73. The number of ketones is 1.